The number of esters is 2. The van der Waals surface area contributed by atoms with E-state index < -0.39 is 17.5 Å². The lowest BCUT2D eigenvalue weighted by molar-refractivity contribution is -0.180. The van der Waals surface area contributed by atoms with Crippen LogP contribution in [0.1, 0.15) is 20.3 Å². The van der Waals surface area contributed by atoms with Gasteiger partial charge in [-0.15, -0.1) is 0 Å². The zero-order chi connectivity index (χ0) is 12.1. The largest absolute Gasteiger partial charge is 0.466 e. The van der Waals surface area contributed by atoms with Crippen molar-refractivity contribution in [2.45, 2.75) is 25.9 Å². The molecule has 86 valence electrons. The van der Waals surface area contributed by atoms with Crippen molar-refractivity contribution in [2.75, 3.05) is 14.2 Å². The highest BCUT2D eigenvalue weighted by Crippen LogP contribution is 2.19. The topological polar surface area (TPSA) is 72.8 Å². The minimum atomic E-state index is -2.25. The third kappa shape index (κ3) is 3.06. The van der Waals surface area contributed by atoms with Crippen LogP contribution in [0.2, 0.25) is 0 Å². The number of aliphatic hydroxyl groups is 1. The maximum absolute atomic E-state index is 11.3. The molecule has 0 amide bonds. The van der Waals surface area contributed by atoms with Gasteiger partial charge in [0.15, 0.2) is 0 Å². The second-order valence-electron chi connectivity index (χ2n) is 3.16. The first-order chi connectivity index (χ1) is 6.92. The van der Waals surface area contributed by atoms with Gasteiger partial charge in [-0.1, -0.05) is 11.6 Å². The number of hydrogen-bond acceptors (Lipinski definition) is 5. The Hall–Kier alpha value is -1.36. The maximum Gasteiger partial charge on any atom is 0.350 e. The van der Waals surface area contributed by atoms with Gasteiger partial charge in [-0.05, 0) is 13.8 Å². The molecule has 0 aromatic heterocycles. The molecule has 5 nitrogen and oxygen atoms in total. The summed E-state index contributed by atoms with van der Waals surface area (Å²) < 4.78 is 8.73. The minimum absolute atomic E-state index is 0.136. The number of rotatable bonds is 4. The number of methoxy groups -OCH3 is 2. The van der Waals surface area contributed by atoms with Crippen LogP contribution >= 0.6 is 0 Å². The quantitative estimate of drug-likeness (QED) is 0.419. The molecule has 0 saturated heterocycles. The second kappa shape index (κ2) is 5.50. The van der Waals surface area contributed by atoms with E-state index in [2.05, 4.69) is 9.47 Å². The van der Waals surface area contributed by atoms with E-state index in [1.807, 2.05) is 0 Å². The summed E-state index contributed by atoms with van der Waals surface area (Å²) in [5.41, 5.74) is -1.56. The maximum atomic E-state index is 11.3. The Balaban J connectivity index is 5.03. The molecule has 0 saturated carbocycles. The number of carbonyl (C=O) groups is 2. The number of carbonyl (C=O) groups excluding carboxylic acids is 2. The predicted molar refractivity (Wildman–Crippen MR) is 53.0 cm³/mol. The van der Waals surface area contributed by atoms with Gasteiger partial charge in [0, 0.05) is 6.42 Å². The lowest BCUT2D eigenvalue weighted by atomic mass is 9.95. The van der Waals surface area contributed by atoms with Crippen LogP contribution in [0, 0.1) is 0 Å². The van der Waals surface area contributed by atoms with Gasteiger partial charge < -0.3 is 14.6 Å². The van der Waals surface area contributed by atoms with Crippen LogP contribution in [-0.2, 0) is 19.1 Å². The lowest BCUT2D eigenvalue weighted by Gasteiger charge is -2.22. The third-order valence-electron chi connectivity index (χ3n) is 2.07. The van der Waals surface area contributed by atoms with Crippen molar-refractivity contribution in [3.8, 4) is 0 Å². The van der Waals surface area contributed by atoms with Gasteiger partial charge in [0.1, 0.15) is 0 Å². The van der Waals surface area contributed by atoms with Crippen molar-refractivity contribution in [2.24, 2.45) is 0 Å². The molecule has 0 fully saturated rings. The molecule has 0 aromatic carbocycles. The molecule has 0 aromatic rings. The molecule has 0 aliphatic rings. The SMILES string of the molecule is CC=C(C)CC(O)(C(=O)OC)C(=O)OC. The molecular weight excluding hydrogens is 200 g/mol. The van der Waals surface area contributed by atoms with Gasteiger partial charge in [-0.2, -0.15) is 0 Å². The van der Waals surface area contributed by atoms with Crippen molar-refractivity contribution in [1.29, 1.82) is 0 Å². The Morgan fingerprint density at radius 3 is 1.93 bits per heavy atom. The Labute approximate surface area is 88.7 Å². The third-order valence-corrected chi connectivity index (χ3v) is 2.07. The predicted octanol–water partition coefficient (Wildman–Crippen LogP) is 0.420. The van der Waals surface area contributed by atoms with Gasteiger partial charge in [0.05, 0.1) is 14.2 Å². The summed E-state index contributed by atoms with van der Waals surface area (Å²) in [5.74, 6) is -2.04. The number of ether oxygens (including phenoxy) is 2. The molecule has 0 atom stereocenters. The fourth-order valence-corrected chi connectivity index (χ4v) is 1.07. The van der Waals surface area contributed by atoms with Crippen LogP contribution in [-0.4, -0.2) is 36.9 Å². The summed E-state index contributed by atoms with van der Waals surface area (Å²) in [6, 6.07) is 0. The molecule has 0 unspecified atom stereocenters. The average molecular weight is 216 g/mol. The van der Waals surface area contributed by atoms with E-state index in [9.17, 15) is 14.7 Å². The zero-order valence-corrected chi connectivity index (χ0v) is 9.36. The highest BCUT2D eigenvalue weighted by molar-refractivity contribution is 6.03. The van der Waals surface area contributed by atoms with E-state index in [-0.39, 0.29) is 6.42 Å². The van der Waals surface area contributed by atoms with E-state index in [4.69, 9.17) is 0 Å². The summed E-state index contributed by atoms with van der Waals surface area (Å²) in [5, 5.41) is 9.86. The summed E-state index contributed by atoms with van der Waals surface area (Å²) in [4.78, 5) is 22.6. The molecule has 0 aliphatic heterocycles. The molecule has 0 heterocycles. The Morgan fingerprint density at radius 2 is 1.67 bits per heavy atom. The van der Waals surface area contributed by atoms with E-state index in [1.165, 1.54) is 0 Å². The van der Waals surface area contributed by atoms with Gasteiger partial charge in [-0.3, -0.25) is 0 Å². The van der Waals surface area contributed by atoms with E-state index >= 15 is 0 Å². The second-order valence-corrected chi connectivity index (χ2v) is 3.16. The standard InChI is InChI=1S/C10H16O5/c1-5-7(2)6-10(13,8(11)14-3)9(12)15-4/h5,13H,6H2,1-4H3. The van der Waals surface area contributed by atoms with Crippen molar-refractivity contribution in [3.05, 3.63) is 11.6 Å². The van der Waals surface area contributed by atoms with Gasteiger partial charge in [0.2, 0.25) is 0 Å². The van der Waals surface area contributed by atoms with Crippen LogP contribution in [0.3, 0.4) is 0 Å². The number of hydrogen-bond donors (Lipinski definition) is 1. The van der Waals surface area contributed by atoms with Crippen LogP contribution in [0.5, 0.6) is 0 Å². The molecule has 0 bridgehead atoms. The Kier molecular flexibility index (Phi) is 5.00. The van der Waals surface area contributed by atoms with Crippen molar-refractivity contribution >= 4 is 11.9 Å². The Morgan fingerprint density at radius 1 is 1.27 bits per heavy atom. The monoisotopic (exact) mass is 216 g/mol. The Bertz CT molecular complexity index is 264. The molecule has 0 rings (SSSR count). The molecule has 5 heteroatoms. The molecular formula is C10H16O5. The molecule has 0 spiro atoms. The van der Waals surface area contributed by atoms with Crippen molar-refractivity contribution in [1.82, 2.24) is 0 Å². The number of allylic oxidation sites excluding steroid dienone is 1. The fourth-order valence-electron chi connectivity index (χ4n) is 1.07. The van der Waals surface area contributed by atoms with Gasteiger partial charge >= 0.3 is 11.9 Å². The summed E-state index contributed by atoms with van der Waals surface area (Å²) in [6.45, 7) is 3.43. The fraction of sp³-hybridized carbons (Fsp3) is 0.600. The van der Waals surface area contributed by atoms with E-state index in [0.717, 1.165) is 14.2 Å². The van der Waals surface area contributed by atoms with Gasteiger partial charge in [0.25, 0.3) is 5.60 Å². The molecule has 1 N–H and O–H groups in total. The highest BCUT2D eigenvalue weighted by Gasteiger charge is 2.46. The summed E-state index contributed by atoms with van der Waals surface area (Å²) >= 11 is 0. The zero-order valence-electron chi connectivity index (χ0n) is 9.36. The van der Waals surface area contributed by atoms with Crippen LogP contribution in [0.25, 0.3) is 0 Å². The van der Waals surface area contributed by atoms with Crippen molar-refractivity contribution in [3.63, 3.8) is 0 Å². The highest BCUT2D eigenvalue weighted by atomic mass is 16.6. The van der Waals surface area contributed by atoms with Gasteiger partial charge in [-0.25, -0.2) is 9.59 Å². The molecule has 0 aliphatic carbocycles. The van der Waals surface area contributed by atoms with Crippen LogP contribution in [0.15, 0.2) is 11.6 Å². The molecule has 15 heavy (non-hydrogen) atoms. The summed E-state index contributed by atoms with van der Waals surface area (Å²) in [7, 11) is 2.20. The molecule has 0 radical (unpaired) electrons. The van der Waals surface area contributed by atoms with Crippen LogP contribution < -0.4 is 0 Å². The van der Waals surface area contributed by atoms with Crippen LogP contribution in [0.4, 0.5) is 0 Å². The lowest BCUT2D eigenvalue weighted by Crippen LogP contribution is -2.48. The average Bonchev–Trinajstić information content (AvgIpc) is 2.25. The first kappa shape index (κ1) is 13.6. The summed E-state index contributed by atoms with van der Waals surface area (Å²) in [6.07, 6.45) is 1.56. The van der Waals surface area contributed by atoms with Crippen molar-refractivity contribution < 1.29 is 24.2 Å². The van der Waals surface area contributed by atoms with E-state index in [0.29, 0.717) is 5.57 Å². The first-order valence-corrected chi connectivity index (χ1v) is 4.43. The van der Waals surface area contributed by atoms with E-state index in [1.54, 1.807) is 19.9 Å². The normalized spacial score (nSPS) is 12.2. The smallest absolute Gasteiger partial charge is 0.350 e. The first-order valence-electron chi connectivity index (χ1n) is 4.43. The minimum Gasteiger partial charge on any atom is -0.466 e.